The van der Waals surface area contributed by atoms with Crippen LogP contribution >= 0.6 is 0 Å². The average Bonchev–Trinajstić information content (AvgIpc) is 3.24. The third kappa shape index (κ3) is 4.94. The lowest BCUT2D eigenvalue weighted by atomic mass is 9.96. The second-order valence-corrected chi connectivity index (χ2v) is 9.55. The molecule has 1 amide bonds. The number of carbonyl (C=O) groups excluding carboxylic acids is 1. The van der Waals surface area contributed by atoms with Crippen molar-refractivity contribution in [3.8, 4) is 5.75 Å². The molecule has 0 aromatic carbocycles. The fraction of sp³-hybridized carbons (Fsp3) is 0.500. The Morgan fingerprint density at radius 3 is 3.00 bits per heavy atom. The predicted molar refractivity (Wildman–Crippen MR) is 131 cm³/mol. The topological polar surface area (TPSA) is 90.8 Å². The molecular formula is C26H32FN5O3. The number of aliphatic hydroxyl groups is 1. The van der Waals surface area contributed by atoms with Gasteiger partial charge in [0.05, 0.1) is 42.2 Å². The summed E-state index contributed by atoms with van der Waals surface area (Å²) >= 11 is 0. The van der Waals surface area contributed by atoms with Crippen LogP contribution in [0.2, 0.25) is 0 Å². The van der Waals surface area contributed by atoms with Crippen LogP contribution in [0.3, 0.4) is 0 Å². The van der Waals surface area contributed by atoms with Crippen molar-refractivity contribution in [3.05, 3.63) is 52.9 Å². The summed E-state index contributed by atoms with van der Waals surface area (Å²) in [5.74, 6) is 0.323. The number of ether oxygens (including phenoxy) is 1. The highest BCUT2D eigenvalue weighted by molar-refractivity contribution is 5.85. The molecule has 0 aliphatic carbocycles. The SMILES string of the molecule is C/C=C\c1ncc(F)c2c1N(C=O)CC2CN1CC[C@H](NCc2cc3c(cn2)OCCC3)[C@H](O)C1. The number of pyridine rings is 2. The number of nitrogens with zero attached hydrogens (tertiary/aromatic N) is 4. The average molecular weight is 482 g/mol. The van der Waals surface area contributed by atoms with E-state index in [0.29, 0.717) is 43.1 Å². The summed E-state index contributed by atoms with van der Waals surface area (Å²) in [7, 11) is 0. The van der Waals surface area contributed by atoms with Gasteiger partial charge >= 0.3 is 0 Å². The molecular weight excluding hydrogens is 449 g/mol. The quantitative estimate of drug-likeness (QED) is 0.587. The van der Waals surface area contributed by atoms with Crippen LogP contribution in [0, 0.1) is 5.82 Å². The molecule has 1 saturated heterocycles. The van der Waals surface area contributed by atoms with Gasteiger partial charge in [-0.1, -0.05) is 6.08 Å². The number of β-amino-alcohol motifs (C(OH)–C–C–N with tert-alkyl or cyclic N) is 1. The number of aliphatic hydroxyl groups excluding tert-OH is 1. The molecule has 5 rings (SSSR count). The maximum Gasteiger partial charge on any atom is 0.214 e. The van der Waals surface area contributed by atoms with Gasteiger partial charge in [0, 0.05) is 43.7 Å². The van der Waals surface area contributed by atoms with Crippen LogP contribution < -0.4 is 15.0 Å². The third-order valence-corrected chi connectivity index (χ3v) is 7.18. The number of carbonyl (C=O) groups is 1. The summed E-state index contributed by atoms with van der Waals surface area (Å²) in [6.07, 6.45) is 9.66. The van der Waals surface area contributed by atoms with Gasteiger partial charge < -0.3 is 20.1 Å². The number of hydrogen-bond donors (Lipinski definition) is 2. The van der Waals surface area contributed by atoms with Crippen LogP contribution in [0.25, 0.3) is 6.08 Å². The molecule has 0 saturated carbocycles. The second kappa shape index (κ2) is 10.4. The summed E-state index contributed by atoms with van der Waals surface area (Å²) in [4.78, 5) is 24.1. The van der Waals surface area contributed by atoms with E-state index in [2.05, 4.69) is 26.3 Å². The van der Waals surface area contributed by atoms with Crippen molar-refractivity contribution in [1.29, 1.82) is 0 Å². The number of halogens is 1. The van der Waals surface area contributed by atoms with Gasteiger partial charge in [-0.2, -0.15) is 0 Å². The number of piperidine rings is 1. The van der Waals surface area contributed by atoms with Crippen LogP contribution in [-0.2, 0) is 17.8 Å². The highest BCUT2D eigenvalue weighted by Crippen LogP contribution is 2.40. The van der Waals surface area contributed by atoms with Crippen molar-refractivity contribution >= 4 is 18.2 Å². The maximum absolute atomic E-state index is 14.8. The lowest BCUT2D eigenvalue weighted by molar-refractivity contribution is -0.107. The Balaban J connectivity index is 1.20. The maximum atomic E-state index is 14.8. The number of nitrogens with one attached hydrogen (secondary N) is 1. The van der Waals surface area contributed by atoms with Crippen molar-refractivity contribution in [2.45, 2.75) is 50.8 Å². The standard InChI is InChI=1S/C26H32FN5O3/c1-2-4-22-26-25(20(27)11-30-22)18(14-32(26)16-33)13-31-7-6-21(23(34)15-31)29-10-19-9-17-5-3-8-35-24(17)12-28-19/h2,4,9,11-12,16,18,21,23,29,34H,3,5-8,10,13-15H2,1H3/b4-2-/t18?,21-,23+/m0/s1. The van der Waals surface area contributed by atoms with Gasteiger partial charge in [-0.15, -0.1) is 0 Å². The van der Waals surface area contributed by atoms with Crippen molar-refractivity contribution in [2.24, 2.45) is 0 Å². The highest BCUT2D eigenvalue weighted by atomic mass is 19.1. The van der Waals surface area contributed by atoms with E-state index in [9.17, 15) is 14.3 Å². The molecule has 1 unspecified atom stereocenters. The molecule has 3 aliphatic heterocycles. The Labute approximate surface area is 204 Å². The summed E-state index contributed by atoms with van der Waals surface area (Å²) in [5, 5.41) is 14.3. The van der Waals surface area contributed by atoms with E-state index in [0.717, 1.165) is 50.3 Å². The lowest BCUT2D eigenvalue weighted by Gasteiger charge is -2.37. The van der Waals surface area contributed by atoms with Crippen LogP contribution in [0.5, 0.6) is 5.75 Å². The molecule has 0 radical (unpaired) electrons. The fourth-order valence-corrected chi connectivity index (χ4v) is 5.49. The molecule has 0 bridgehead atoms. The second-order valence-electron chi connectivity index (χ2n) is 9.55. The molecule has 2 N–H and O–H groups in total. The summed E-state index contributed by atoms with van der Waals surface area (Å²) in [5.41, 5.74) is 3.84. The van der Waals surface area contributed by atoms with E-state index < -0.39 is 6.10 Å². The number of hydrogen-bond acceptors (Lipinski definition) is 7. The number of amides is 1. The van der Waals surface area contributed by atoms with E-state index in [-0.39, 0.29) is 17.8 Å². The van der Waals surface area contributed by atoms with Gasteiger partial charge in [-0.05, 0) is 50.4 Å². The van der Waals surface area contributed by atoms with Crippen molar-refractivity contribution < 1.29 is 19.0 Å². The zero-order valence-electron chi connectivity index (χ0n) is 20.0. The zero-order valence-corrected chi connectivity index (χ0v) is 20.0. The molecule has 5 heterocycles. The van der Waals surface area contributed by atoms with Gasteiger partial charge in [-0.25, -0.2) is 4.39 Å². The summed E-state index contributed by atoms with van der Waals surface area (Å²) < 4.78 is 20.4. The largest absolute Gasteiger partial charge is 0.492 e. The minimum atomic E-state index is -0.548. The van der Waals surface area contributed by atoms with E-state index in [1.54, 1.807) is 17.2 Å². The first kappa shape index (κ1) is 23.8. The molecule has 3 aliphatic rings. The first-order valence-electron chi connectivity index (χ1n) is 12.3. The number of anilines is 1. The fourth-order valence-electron chi connectivity index (χ4n) is 5.49. The minimum Gasteiger partial charge on any atom is -0.492 e. The molecule has 9 heteroatoms. The smallest absolute Gasteiger partial charge is 0.214 e. The van der Waals surface area contributed by atoms with E-state index in [1.807, 2.05) is 13.0 Å². The molecule has 2 aromatic heterocycles. The molecule has 0 spiro atoms. The molecule has 35 heavy (non-hydrogen) atoms. The van der Waals surface area contributed by atoms with Gasteiger partial charge in [-0.3, -0.25) is 19.7 Å². The highest BCUT2D eigenvalue weighted by Gasteiger charge is 2.36. The van der Waals surface area contributed by atoms with Crippen molar-refractivity contribution in [1.82, 2.24) is 20.2 Å². The summed E-state index contributed by atoms with van der Waals surface area (Å²) in [6.45, 7) is 5.46. The van der Waals surface area contributed by atoms with E-state index in [4.69, 9.17) is 4.74 Å². The molecule has 1 fully saturated rings. The van der Waals surface area contributed by atoms with Crippen LogP contribution in [0.4, 0.5) is 10.1 Å². The lowest BCUT2D eigenvalue weighted by Crippen LogP contribution is -2.53. The Kier molecular flexibility index (Phi) is 7.08. The Bertz CT molecular complexity index is 1110. The first-order valence-corrected chi connectivity index (χ1v) is 12.3. The van der Waals surface area contributed by atoms with Crippen LogP contribution in [-0.4, -0.2) is 71.3 Å². The van der Waals surface area contributed by atoms with Crippen molar-refractivity contribution in [3.63, 3.8) is 0 Å². The van der Waals surface area contributed by atoms with E-state index >= 15 is 0 Å². The number of likely N-dealkylation sites (tertiary alicyclic amines) is 1. The normalized spacial score (nSPS) is 24.3. The van der Waals surface area contributed by atoms with Gasteiger partial charge in [0.1, 0.15) is 11.6 Å². The zero-order chi connectivity index (χ0) is 24.4. The molecule has 3 atom stereocenters. The number of rotatable bonds is 7. The van der Waals surface area contributed by atoms with Gasteiger partial charge in [0.25, 0.3) is 0 Å². The number of aryl methyl sites for hydroxylation is 1. The number of allylic oxidation sites excluding steroid dienone is 1. The number of aromatic nitrogens is 2. The Hall–Kier alpha value is -2.88. The first-order chi connectivity index (χ1) is 17.1. The summed E-state index contributed by atoms with van der Waals surface area (Å²) in [6, 6.07) is 2.05. The third-order valence-electron chi connectivity index (χ3n) is 7.18. The minimum absolute atomic E-state index is 0.0371. The van der Waals surface area contributed by atoms with E-state index in [1.165, 1.54) is 11.8 Å². The van der Waals surface area contributed by atoms with Gasteiger partial charge in [0.15, 0.2) is 0 Å². The number of fused-ring (bicyclic) bond motifs is 2. The van der Waals surface area contributed by atoms with Crippen LogP contribution in [0.1, 0.15) is 48.2 Å². The van der Waals surface area contributed by atoms with Crippen molar-refractivity contribution in [2.75, 3.05) is 37.7 Å². The Morgan fingerprint density at radius 2 is 2.20 bits per heavy atom. The molecule has 8 nitrogen and oxygen atoms in total. The van der Waals surface area contributed by atoms with Gasteiger partial charge in [0.2, 0.25) is 6.41 Å². The predicted octanol–water partition coefficient (Wildman–Crippen LogP) is 2.26. The van der Waals surface area contributed by atoms with Crippen LogP contribution in [0.15, 0.2) is 24.5 Å². The monoisotopic (exact) mass is 481 g/mol. The Morgan fingerprint density at radius 1 is 1.31 bits per heavy atom. The molecule has 2 aromatic rings. The molecule has 186 valence electrons.